The fourth-order valence-corrected chi connectivity index (χ4v) is 6.37. The highest BCUT2D eigenvalue weighted by molar-refractivity contribution is 7.12. The lowest BCUT2D eigenvalue weighted by Crippen LogP contribution is -2.32. The van der Waals surface area contributed by atoms with E-state index in [9.17, 15) is 5.11 Å². The highest BCUT2D eigenvalue weighted by Crippen LogP contribution is 2.49. The van der Waals surface area contributed by atoms with Crippen molar-refractivity contribution < 1.29 is 5.11 Å². The molecular formula is C23H30OS3. The molecule has 0 unspecified atom stereocenters. The average molecular weight is 419 g/mol. The summed E-state index contributed by atoms with van der Waals surface area (Å²) >= 11 is 5.26. The van der Waals surface area contributed by atoms with Gasteiger partial charge in [0.25, 0.3) is 0 Å². The Balaban J connectivity index is 2.40. The number of rotatable bonds is 3. The summed E-state index contributed by atoms with van der Waals surface area (Å²) in [6.45, 7) is 17.7. The van der Waals surface area contributed by atoms with Gasteiger partial charge in [0.1, 0.15) is 5.60 Å². The van der Waals surface area contributed by atoms with Crippen molar-refractivity contribution >= 4 is 34.0 Å². The van der Waals surface area contributed by atoms with Crippen molar-refractivity contribution in [2.45, 2.75) is 71.8 Å². The molecule has 4 heteroatoms. The van der Waals surface area contributed by atoms with Crippen LogP contribution in [0.25, 0.3) is 0 Å². The van der Waals surface area contributed by atoms with Gasteiger partial charge >= 0.3 is 0 Å². The third kappa shape index (κ3) is 3.57. The first-order valence-corrected chi connectivity index (χ1v) is 11.9. The van der Waals surface area contributed by atoms with E-state index in [0.717, 1.165) is 16.7 Å². The smallest absolute Gasteiger partial charge is 0.143 e. The van der Waals surface area contributed by atoms with E-state index in [0.29, 0.717) is 0 Å². The standard InChI is InChI=1S/C23H30OS3/c1-14-16(9-11-25-14)23(24,17-10-12-26-15(17)2)18-13-19(21(3,4)5)27-20(18)22(6,7)8/h9-13,24H,1-8H3. The summed E-state index contributed by atoms with van der Waals surface area (Å²) in [5, 5.41) is 16.6. The van der Waals surface area contributed by atoms with Crippen LogP contribution >= 0.6 is 34.0 Å². The van der Waals surface area contributed by atoms with Crippen LogP contribution in [0, 0.1) is 13.8 Å². The molecule has 3 aromatic rings. The van der Waals surface area contributed by atoms with Crippen molar-refractivity contribution in [1.29, 1.82) is 0 Å². The van der Waals surface area contributed by atoms with Gasteiger partial charge < -0.3 is 5.11 Å². The Bertz CT molecular complexity index is 901. The average Bonchev–Trinajstić information content (AvgIpc) is 3.23. The predicted octanol–water partition coefficient (Wildman–Crippen LogP) is 7.37. The van der Waals surface area contributed by atoms with Crippen molar-refractivity contribution in [3.05, 3.63) is 65.2 Å². The first kappa shape index (κ1) is 20.8. The fraction of sp³-hybridized carbons (Fsp3) is 0.478. The van der Waals surface area contributed by atoms with Gasteiger partial charge in [0.05, 0.1) is 0 Å². The summed E-state index contributed by atoms with van der Waals surface area (Å²) in [5.41, 5.74) is 1.97. The second-order valence-corrected chi connectivity index (χ2v) is 12.6. The van der Waals surface area contributed by atoms with Crippen molar-refractivity contribution in [1.82, 2.24) is 0 Å². The minimum atomic E-state index is -1.11. The van der Waals surface area contributed by atoms with E-state index in [2.05, 4.69) is 84.3 Å². The first-order valence-electron chi connectivity index (χ1n) is 9.33. The zero-order valence-electron chi connectivity index (χ0n) is 17.6. The molecule has 0 radical (unpaired) electrons. The summed E-state index contributed by atoms with van der Waals surface area (Å²) in [4.78, 5) is 4.94. The molecule has 0 spiro atoms. The Kier molecular flexibility index (Phi) is 5.26. The third-order valence-electron chi connectivity index (χ3n) is 5.04. The quantitative estimate of drug-likeness (QED) is 0.471. The van der Waals surface area contributed by atoms with Crippen molar-refractivity contribution in [2.75, 3.05) is 0 Å². The molecule has 0 atom stereocenters. The molecule has 3 heterocycles. The van der Waals surface area contributed by atoms with Crippen LogP contribution in [-0.2, 0) is 16.4 Å². The van der Waals surface area contributed by atoms with Crippen molar-refractivity contribution in [2.24, 2.45) is 0 Å². The van der Waals surface area contributed by atoms with Gasteiger partial charge in [-0.15, -0.1) is 34.0 Å². The van der Waals surface area contributed by atoms with Gasteiger partial charge in [-0.2, -0.15) is 0 Å². The molecule has 0 amide bonds. The molecule has 0 bridgehead atoms. The minimum Gasteiger partial charge on any atom is -0.376 e. The molecule has 3 aromatic heterocycles. The van der Waals surface area contributed by atoms with Crippen LogP contribution in [-0.4, -0.2) is 5.11 Å². The fourth-order valence-electron chi connectivity index (χ4n) is 3.54. The van der Waals surface area contributed by atoms with Crippen LogP contribution in [0.15, 0.2) is 29.0 Å². The summed E-state index contributed by atoms with van der Waals surface area (Å²) in [5.74, 6) is 0. The summed E-state index contributed by atoms with van der Waals surface area (Å²) in [6, 6.07) is 6.45. The lowest BCUT2D eigenvalue weighted by atomic mass is 9.76. The van der Waals surface area contributed by atoms with Crippen LogP contribution in [0.4, 0.5) is 0 Å². The van der Waals surface area contributed by atoms with E-state index in [1.807, 2.05) is 11.3 Å². The van der Waals surface area contributed by atoms with Gasteiger partial charge in [-0.3, -0.25) is 0 Å². The van der Waals surface area contributed by atoms with Gasteiger partial charge in [-0.05, 0) is 53.6 Å². The molecule has 0 aromatic carbocycles. The molecule has 27 heavy (non-hydrogen) atoms. The number of aryl methyl sites for hydroxylation is 2. The van der Waals surface area contributed by atoms with Crippen LogP contribution < -0.4 is 0 Å². The Morgan fingerprint density at radius 2 is 1.22 bits per heavy atom. The maximum absolute atomic E-state index is 12.4. The Morgan fingerprint density at radius 1 is 0.741 bits per heavy atom. The highest BCUT2D eigenvalue weighted by atomic mass is 32.1. The van der Waals surface area contributed by atoms with E-state index in [1.54, 1.807) is 22.7 Å². The molecule has 1 nitrogen and oxygen atoms in total. The van der Waals surface area contributed by atoms with Crippen molar-refractivity contribution in [3.8, 4) is 0 Å². The maximum atomic E-state index is 12.4. The SMILES string of the molecule is Cc1sccc1C(O)(c1ccsc1C)c1cc(C(C)(C)C)sc1C(C)(C)C. The second kappa shape index (κ2) is 6.84. The van der Waals surface area contributed by atoms with E-state index in [-0.39, 0.29) is 10.8 Å². The van der Waals surface area contributed by atoms with Crippen LogP contribution in [0.2, 0.25) is 0 Å². The summed E-state index contributed by atoms with van der Waals surface area (Å²) in [6.07, 6.45) is 0. The van der Waals surface area contributed by atoms with E-state index in [1.165, 1.54) is 19.5 Å². The Labute approximate surface area is 175 Å². The predicted molar refractivity (Wildman–Crippen MR) is 122 cm³/mol. The van der Waals surface area contributed by atoms with Gasteiger partial charge in [0.2, 0.25) is 0 Å². The first-order chi connectivity index (χ1) is 12.4. The molecule has 0 aliphatic rings. The Hall–Kier alpha value is -0.940. The zero-order chi connectivity index (χ0) is 20.2. The molecule has 146 valence electrons. The number of hydrogen-bond donors (Lipinski definition) is 1. The monoisotopic (exact) mass is 418 g/mol. The molecule has 0 saturated heterocycles. The molecule has 0 fully saturated rings. The largest absolute Gasteiger partial charge is 0.376 e. The minimum absolute atomic E-state index is 0.0364. The number of thiophene rings is 3. The van der Waals surface area contributed by atoms with Gasteiger partial charge in [-0.1, -0.05) is 41.5 Å². The molecule has 3 rings (SSSR count). The molecular weight excluding hydrogens is 388 g/mol. The lowest BCUT2D eigenvalue weighted by Gasteiger charge is -2.32. The van der Waals surface area contributed by atoms with E-state index in [4.69, 9.17) is 0 Å². The Morgan fingerprint density at radius 3 is 1.56 bits per heavy atom. The van der Waals surface area contributed by atoms with Crippen molar-refractivity contribution in [3.63, 3.8) is 0 Å². The topological polar surface area (TPSA) is 20.2 Å². The van der Waals surface area contributed by atoms with Gasteiger partial charge in [-0.25, -0.2) is 0 Å². The van der Waals surface area contributed by atoms with Gasteiger partial charge in [0, 0.05) is 36.2 Å². The van der Waals surface area contributed by atoms with E-state index >= 15 is 0 Å². The lowest BCUT2D eigenvalue weighted by molar-refractivity contribution is 0.124. The summed E-state index contributed by atoms with van der Waals surface area (Å²) in [7, 11) is 0. The van der Waals surface area contributed by atoms with Crippen LogP contribution in [0.5, 0.6) is 0 Å². The zero-order valence-corrected chi connectivity index (χ0v) is 20.0. The number of aliphatic hydroxyl groups is 1. The molecule has 1 N–H and O–H groups in total. The molecule has 0 aliphatic carbocycles. The highest BCUT2D eigenvalue weighted by Gasteiger charge is 2.42. The number of hydrogen-bond acceptors (Lipinski definition) is 4. The second-order valence-electron chi connectivity index (χ2n) is 9.34. The summed E-state index contributed by atoms with van der Waals surface area (Å²) < 4.78 is 0. The maximum Gasteiger partial charge on any atom is 0.143 e. The van der Waals surface area contributed by atoms with Crippen LogP contribution in [0.1, 0.15) is 77.7 Å². The van der Waals surface area contributed by atoms with E-state index < -0.39 is 5.60 Å². The normalized spacial score (nSPS) is 13.4. The third-order valence-corrected chi connectivity index (χ3v) is 8.72. The molecule has 0 saturated carbocycles. The van der Waals surface area contributed by atoms with Gasteiger partial charge in [0.15, 0.2) is 0 Å². The molecule has 0 aliphatic heterocycles. The van der Waals surface area contributed by atoms with Crippen LogP contribution in [0.3, 0.4) is 0 Å².